The van der Waals surface area contributed by atoms with E-state index in [4.69, 9.17) is 0 Å². The summed E-state index contributed by atoms with van der Waals surface area (Å²) < 4.78 is 15.5. The van der Waals surface area contributed by atoms with Crippen molar-refractivity contribution in [3.05, 3.63) is 76.5 Å². The number of benzene rings is 1. The van der Waals surface area contributed by atoms with Crippen LogP contribution in [0.25, 0.3) is 16.9 Å². The van der Waals surface area contributed by atoms with Gasteiger partial charge in [0.1, 0.15) is 11.5 Å². The summed E-state index contributed by atoms with van der Waals surface area (Å²) >= 11 is 0. The monoisotopic (exact) mass is 364 g/mol. The first-order valence-electron chi connectivity index (χ1n) is 8.00. The van der Waals surface area contributed by atoms with Crippen LogP contribution in [-0.2, 0) is 0 Å². The van der Waals surface area contributed by atoms with E-state index in [1.807, 2.05) is 29.0 Å². The molecule has 0 radical (unpaired) electrons. The van der Waals surface area contributed by atoms with Crippen molar-refractivity contribution in [1.29, 1.82) is 0 Å². The highest BCUT2D eigenvalue weighted by atomic mass is 19.1. The van der Waals surface area contributed by atoms with E-state index in [1.54, 1.807) is 25.4 Å². The Morgan fingerprint density at radius 2 is 2.04 bits per heavy atom. The summed E-state index contributed by atoms with van der Waals surface area (Å²) in [6.07, 6.45) is 5.10. The molecule has 0 aliphatic heterocycles. The zero-order chi connectivity index (χ0) is 19.0. The number of aryl methyl sites for hydroxylation is 1. The predicted octanol–water partition coefficient (Wildman–Crippen LogP) is 3.91. The zero-order valence-electron chi connectivity index (χ0n) is 14.1. The summed E-state index contributed by atoms with van der Waals surface area (Å²) in [6, 6.07) is 9.68. The third-order valence-electron chi connectivity index (χ3n) is 4.07. The number of anilines is 2. The number of fused-ring (bicyclic) bond motifs is 1. The number of hydrogen-bond donors (Lipinski definition) is 1. The molecule has 27 heavy (non-hydrogen) atoms. The minimum absolute atomic E-state index is 0.231. The average molecular weight is 364 g/mol. The maximum atomic E-state index is 13.7. The number of halogens is 1. The lowest BCUT2D eigenvalue weighted by atomic mass is 10.1. The van der Waals surface area contributed by atoms with Crippen molar-refractivity contribution in [1.82, 2.24) is 19.5 Å². The van der Waals surface area contributed by atoms with Gasteiger partial charge in [0.05, 0.1) is 10.6 Å². The number of pyridine rings is 1. The molecular formula is C18H13FN6O2. The first-order chi connectivity index (χ1) is 13.0. The van der Waals surface area contributed by atoms with Crippen molar-refractivity contribution in [2.45, 2.75) is 6.92 Å². The predicted molar refractivity (Wildman–Crippen MR) is 97.7 cm³/mol. The highest BCUT2D eigenvalue weighted by Gasteiger charge is 2.17. The maximum absolute atomic E-state index is 13.7. The third kappa shape index (κ3) is 3.06. The number of rotatable bonds is 4. The van der Waals surface area contributed by atoms with Crippen LogP contribution in [0.15, 0.2) is 55.0 Å². The van der Waals surface area contributed by atoms with Gasteiger partial charge in [0.15, 0.2) is 0 Å². The van der Waals surface area contributed by atoms with E-state index in [9.17, 15) is 14.5 Å². The second-order valence-electron chi connectivity index (χ2n) is 5.84. The van der Waals surface area contributed by atoms with E-state index in [1.165, 1.54) is 0 Å². The van der Waals surface area contributed by atoms with Gasteiger partial charge in [0.25, 0.3) is 0 Å². The van der Waals surface area contributed by atoms with Gasteiger partial charge >= 0.3 is 5.69 Å². The van der Waals surface area contributed by atoms with Gasteiger partial charge in [-0.3, -0.25) is 14.7 Å². The second-order valence-corrected chi connectivity index (χ2v) is 5.84. The van der Waals surface area contributed by atoms with Crippen LogP contribution in [0.4, 0.5) is 21.7 Å². The Bertz CT molecular complexity index is 1170. The molecule has 0 amide bonds. The summed E-state index contributed by atoms with van der Waals surface area (Å²) in [4.78, 5) is 23.1. The van der Waals surface area contributed by atoms with E-state index in [0.29, 0.717) is 17.1 Å². The molecule has 0 unspecified atom stereocenters. The molecule has 0 aliphatic rings. The smallest absolute Gasteiger partial charge is 0.306 e. The van der Waals surface area contributed by atoms with Crippen LogP contribution in [0.1, 0.15) is 5.56 Å². The molecule has 0 atom stereocenters. The summed E-state index contributed by atoms with van der Waals surface area (Å²) in [6.45, 7) is 1.64. The standard InChI is InChI=1S/C18H13FN6O2/c1-11-9-13(19)15(25(26)27)10-14(11)22-18-21-7-4-16(23-18)24-8-5-12-3-2-6-20-17(12)24/h2-10H,1H3,(H,21,22,23). The molecule has 9 heteroatoms. The lowest BCUT2D eigenvalue weighted by Gasteiger charge is -2.10. The van der Waals surface area contributed by atoms with Gasteiger partial charge in [0, 0.05) is 30.0 Å². The fourth-order valence-electron chi connectivity index (χ4n) is 2.75. The van der Waals surface area contributed by atoms with Gasteiger partial charge in [-0.15, -0.1) is 0 Å². The highest BCUT2D eigenvalue weighted by Crippen LogP contribution is 2.27. The Hall–Kier alpha value is -3.88. The lowest BCUT2D eigenvalue weighted by molar-refractivity contribution is -0.387. The molecule has 3 aromatic heterocycles. The Morgan fingerprint density at radius 1 is 1.19 bits per heavy atom. The van der Waals surface area contributed by atoms with Crippen molar-refractivity contribution in [3.63, 3.8) is 0 Å². The van der Waals surface area contributed by atoms with Crippen LogP contribution in [0.2, 0.25) is 0 Å². The quantitative estimate of drug-likeness (QED) is 0.435. The first kappa shape index (κ1) is 16.6. The highest BCUT2D eigenvalue weighted by molar-refractivity contribution is 5.77. The molecule has 4 rings (SSSR count). The van der Waals surface area contributed by atoms with E-state index in [-0.39, 0.29) is 5.95 Å². The molecule has 8 nitrogen and oxygen atoms in total. The molecule has 0 aliphatic carbocycles. The van der Waals surface area contributed by atoms with Crippen molar-refractivity contribution >= 4 is 28.4 Å². The number of hydrogen-bond acceptors (Lipinski definition) is 6. The van der Waals surface area contributed by atoms with E-state index >= 15 is 0 Å². The van der Waals surface area contributed by atoms with Crippen LogP contribution >= 0.6 is 0 Å². The summed E-state index contributed by atoms with van der Waals surface area (Å²) in [5.41, 5.74) is 0.992. The van der Waals surface area contributed by atoms with E-state index in [0.717, 1.165) is 23.2 Å². The second kappa shape index (κ2) is 6.45. The molecule has 4 aromatic rings. The average Bonchev–Trinajstić information content (AvgIpc) is 3.08. The van der Waals surface area contributed by atoms with Crippen LogP contribution in [0.3, 0.4) is 0 Å². The minimum Gasteiger partial charge on any atom is -0.324 e. The van der Waals surface area contributed by atoms with Crippen molar-refractivity contribution in [3.8, 4) is 5.82 Å². The van der Waals surface area contributed by atoms with Crippen LogP contribution in [0.5, 0.6) is 0 Å². The Morgan fingerprint density at radius 3 is 2.85 bits per heavy atom. The van der Waals surface area contributed by atoms with Gasteiger partial charge in [-0.25, -0.2) is 9.97 Å². The van der Waals surface area contributed by atoms with Crippen LogP contribution < -0.4 is 5.32 Å². The molecule has 0 saturated carbocycles. The molecule has 0 spiro atoms. The Labute approximate surface area is 152 Å². The normalized spacial score (nSPS) is 10.9. The Kier molecular flexibility index (Phi) is 3.96. The van der Waals surface area contributed by atoms with Gasteiger partial charge in [0.2, 0.25) is 11.8 Å². The van der Waals surface area contributed by atoms with Crippen LogP contribution in [0, 0.1) is 22.9 Å². The Balaban J connectivity index is 1.72. The SMILES string of the molecule is Cc1cc(F)c([N+](=O)[O-])cc1Nc1nccc(-n2ccc3cccnc32)n1. The molecule has 0 saturated heterocycles. The molecule has 1 aromatic carbocycles. The fourth-order valence-corrected chi connectivity index (χ4v) is 2.75. The largest absolute Gasteiger partial charge is 0.324 e. The fraction of sp³-hybridized carbons (Fsp3) is 0.0556. The molecular weight excluding hydrogens is 351 g/mol. The van der Waals surface area contributed by atoms with E-state index < -0.39 is 16.4 Å². The van der Waals surface area contributed by atoms with E-state index in [2.05, 4.69) is 20.3 Å². The zero-order valence-corrected chi connectivity index (χ0v) is 14.1. The van der Waals surface area contributed by atoms with Crippen molar-refractivity contribution in [2.24, 2.45) is 0 Å². The molecule has 0 fully saturated rings. The van der Waals surface area contributed by atoms with Gasteiger partial charge in [-0.05, 0) is 42.8 Å². The number of aromatic nitrogens is 4. The first-order valence-corrected chi connectivity index (χ1v) is 8.00. The maximum Gasteiger partial charge on any atom is 0.306 e. The van der Waals surface area contributed by atoms with Crippen molar-refractivity contribution in [2.75, 3.05) is 5.32 Å². The van der Waals surface area contributed by atoms with Gasteiger partial charge in [-0.1, -0.05) is 0 Å². The molecule has 134 valence electrons. The lowest BCUT2D eigenvalue weighted by Crippen LogP contribution is -2.04. The van der Waals surface area contributed by atoms with Crippen molar-refractivity contribution < 1.29 is 9.31 Å². The summed E-state index contributed by atoms with van der Waals surface area (Å²) in [5, 5.41) is 14.9. The number of nitro groups is 1. The number of nitrogens with zero attached hydrogens (tertiary/aromatic N) is 5. The molecule has 0 bridgehead atoms. The molecule has 1 N–H and O–H groups in total. The third-order valence-corrected chi connectivity index (χ3v) is 4.07. The minimum atomic E-state index is -0.886. The number of nitrogens with one attached hydrogen (secondary N) is 1. The van der Waals surface area contributed by atoms with Gasteiger partial charge in [-0.2, -0.15) is 9.37 Å². The summed E-state index contributed by atoms with van der Waals surface area (Å²) in [5.74, 6) is -0.0765. The summed E-state index contributed by atoms with van der Waals surface area (Å²) in [7, 11) is 0. The number of nitro benzene ring substituents is 1. The topological polar surface area (TPSA) is 98.8 Å². The van der Waals surface area contributed by atoms with Gasteiger partial charge < -0.3 is 5.32 Å². The van der Waals surface area contributed by atoms with Crippen LogP contribution in [-0.4, -0.2) is 24.4 Å². The molecule has 3 heterocycles.